The van der Waals surface area contributed by atoms with Gasteiger partial charge in [0.05, 0.1) is 12.5 Å². The van der Waals surface area contributed by atoms with Crippen molar-refractivity contribution in [1.29, 1.82) is 0 Å². The molecule has 2 aromatic carbocycles. The molecule has 0 spiro atoms. The topological polar surface area (TPSA) is 59.3 Å². The molecule has 22 heavy (non-hydrogen) atoms. The van der Waals surface area contributed by atoms with Gasteiger partial charge in [-0.15, -0.1) is 0 Å². The molecule has 3 aromatic rings. The Morgan fingerprint density at radius 2 is 1.86 bits per heavy atom. The van der Waals surface area contributed by atoms with Gasteiger partial charge in [-0.25, -0.2) is 10.4 Å². The number of amides is 1. The van der Waals surface area contributed by atoms with Crippen LogP contribution in [0.3, 0.4) is 0 Å². The van der Waals surface area contributed by atoms with E-state index in [0.29, 0.717) is 5.56 Å². The summed E-state index contributed by atoms with van der Waals surface area (Å²) in [6, 6.07) is 16.7. The third kappa shape index (κ3) is 3.27. The standard InChI is InChI=1S/C17H14N4O/c22-17(15-4-2-1-3-5-15)20-19-12-14-6-8-16(9-7-14)21-11-10-18-13-21/h1-13H,(H,20,22)/b19-12+. The maximum atomic E-state index is 11.8. The summed E-state index contributed by atoms with van der Waals surface area (Å²) in [4.78, 5) is 15.8. The second kappa shape index (κ2) is 6.49. The average molecular weight is 290 g/mol. The smallest absolute Gasteiger partial charge is 0.271 e. The highest BCUT2D eigenvalue weighted by molar-refractivity contribution is 5.94. The molecular weight excluding hydrogens is 276 g/mol. The van der Waals surface area contributed by atoms with Gasteiger partial charge < -0.3 is 4.57 Å². The van der Waals surface area contributed by atoms with Gasteiger partial charge in [0, 0.05) is 23.6 Å². The van der Waals surface area contributed by atoms with E-state index < -0.39 is 0 Å². The Bertz CT molecular complexity index is 762. The van der Waals surface area contributed by atoms with Crippen LogP contribution in [0.4, 0.5) is 0 Å². The minimum Gasteiger partial charge on any atom is -0.306 e. The number of benzene rings is 2. The minimum atomic E-state index is -0.230. The van der Waals surface area contributed by atoms with E-state index >= 15 is 0 Å². The second-order valence-electron chi connectivity index (χ2n) is 4.63. The molecule has 5 heteroatoms. The monoisotopic (exact) mass is 290 g/mol. The highest BCUT2D eigenvalue weighted by Crippen LogP contribution is 2.07. The fourth-order valence-electron chi connectivity index (χ4n) is 1.96. The molecule has 3 rings (SSSR count). The lowest BCUT2D eigenvalue weighted by molar-refractivity contribution is 0.0955. The van der Waals surface area contributed by atoms with E-state index in [4.69, 9.17) is 0 Å². The molecule has 0 aliphatic rings. The molecule has 108 valence electrons. The Kier molecular flexibility index (Phi) is 4.06. The Balaban J connectivity index is 1.62. The quantitative estimate of drug-likeness (QED) is 0.593. The first-order valence-electron chi connectivity index (χ1n) is 6.80. The molecule has 0 saturated carbocycles. The first-order valence-corrected chi connectivity index (χ1v) is 6.80. The number of carbonyl (C=O) groups is 1. The van der Waals surface area contributed by atoms with Crippen LogP contribution in [0, 0.1) is 0 Å². The lowest BCUT2D eigenvalue weighted by Crippen LogP contribution is -2.17. The molecule has 0 saturated heterocycles. The SMILES string of the molecule is O=C(N/N=C/c1ccc(-n2ccnc2)cc1)c1ccccc1. The van der Waals surface area contributed by atoms with Crippen molar-refractivity contribution in [3.63, 3.8) is 0 Å². The van der Waals surface area contributed by atoms with Crippen LogP contribution in [0.15, 0.2) is 78.4 Å². The molecule has 0 aliphatic carbocycles. The van der Waals surface area contributed by atoms with Crippen molar-refractivity contribution in [2.45, 2.75) is 0 Å². The van der Waals surface area contributed by atoms with Gasteiger partial charge in [0.25, 0.3) is 5.91 Å². The molecule has 1 N–H and O–H groups in total. The number of nitrogens with one attached hydrogen (secondary N) is 1. The summed E-state index contributed by atoms with van der Waals surface area (Å²) < 4.78 is 1.91. The van der Waals surface area contributed by atoms with Crippen molar-refractivity contribution in [2.24, 2.45) is 5.10 Å². The van der Waals surface area contributed by atoms with Gasteiger partial charge in [0.2, 0.25) is 0 Å². The van der Waals surface area contributed by atoms with E-state index in [-0.39, 0.29) is 5.91 Å². The Morgan fingerprint density at radius 1 is 1.09 bits per heavy atom. The zero-order chi connectivity index (χ0) is 15.2. The van der Waals surface area contributed by atoms with Crippen molar-refractivity contribution >= 4 is 12.1 Å². The zero-order valence-electron chi connectivity index (χ0n) is 11.8. The number of rotatable bonds is 4. The largest absolute Gasteiger partial charge is 0.306 e. The van der Waals surface area contributed by atoms with Crippen molar-refractivity contribution < 1.29 is 4.79 Å². The average Bonchev–Trinajstić information content (AvgIpc) is 3.11. The Hall–Kier alpha value is -3.21. The summed E-state index contributed by atoms with van der Waals surface area (Å²) in [7, 11) is 0. The van der Waals surface area contributed by atoms with Crippen LogP contribution >= 0.6 is 0 Å². The second-order valence-corrected chi connectivity index (χ2v) is 4.63. The summed E-state index contributed by atoms with van der Waals surface area (Å²) in [5.41, 5.74) is 5.00. The molecule has 0 fully saturated rings. The lowest BCUT2D eigenvalue weighted by atomic mass is 10.2. The van der Waals surface area contributed by atoms with E-state index in [1.165, 1.54) is 0 Å². The molecule has 5 nitrogen and oxygen atoms in total. The van der Waals surface area contributed by atoms with Gasteiger partial charge in [-0.3, -0.25) is 4.79 Å². The van der Waals surface area contributed by atoms with Gasteiger partial charge >= 0.3 is 0 Å². The maximum absolute atomic E-state index is 11.8. The van der Waals surface area contributed by atoms with Gasteiger partial charge in [-0.2, -0.15) is 5.10 Å². The van der Waals surface area contributed by atoms with Gasteiger partial charge in [-0.1, -0.05) is 30.3 Å². The molecule has 0 radical (unpaired) electrons. The van der Waals surface area contributed by atoms with E-state index in [0.717, 1.165) is 11.3 Å². The lowest BCUT2D eigenvalue weighted by Gasteiger charge is -2.02. The van der Waals surface area contributed by atoms with Crippen LogP contribution in [0.2, 0.25) is 0 Å². The number of aromatic nitrogens is 2. The predicted octanol–water partition coefficient (Wildman–Crippen LogP) is 2.64. The van der Waals surface area contributed by atoms with E-state index in [1.54, 1.807) is 30.9 Å². The van der Waals surface area contributed by atoms with E-state index in [9.17, 15) is 4.79 Å². The third-order valence-corrected chi connectivity index (χ3v) is 3.11. The van der Waals surface area contributed by atoms with Crippen molar-refractivity contribution in [1.82, 2.24) is 15.0 Å². The van der Waals surface area contributed by atoms with Crippen LogP contribution in [0.25, 0.3) is 5.69 Å². The zero-order valence-corrected chi connectivity index (χ0v) is 11.8. The molecule has 0 unspecified atom stereocenters. The molecule has 0 atom stereocenters. The molecule has 0 bridgehead atoms. The van der Waals surface area contributed by atoms with Crippen LogP contribution in [-0.2, 0) is 0 Å². The molecule has 1 heterocycles. The summed E-state index contributed by atoms with van der Waals surface area (Å²) >= 11 is 0. The summed E-state index contributed by atoms with van der Waals surface area (Å²) in [6.07, 6.45) is 6.96. The number of hydrogen-bond acceptors (Lipinski definition) is 3. The number of imidazole rings is 1. The third-order valence-electron chi connectivity index (χ3n) is 3.11. The van der Waals surface area contributed by atoms with Crippen LogP contribution in [0.5, 0.6) is 0 Å². The highest BCUT2D eigenvalue weighted by atomic mass is 16.2. The van der Waals surface area contributed by atoms with Crippen LogP contribution in [0.1, 0.15) is 15.9 Å². The number of hydrogen-bond donors (Lipinski definition) is 1. The van der Waals surface area contributed by atoms with Crippen molar-refractivity contribution in [3.05, 3.63) is 84.4 Å². The Morgan fingerprint density at radius 3 is 2.55 bits per heavy atom. The van der Waals surface area contributed by atoms with E-state index in [2.05, 4.69) is 15.5 Å². The predicted molar refractivity (Wildman–Crippen MR) is 85.1 cm³/mol. The highest BCUT2D eigenvalue weighted by Gasteiger charge is 2.01. The summed E-state index contributed by atoms with van der Waals surface area (Å²) in [5.74, 6) is -0.230. The Labute approximate surface area is 127 Å². The molecular formula is C17H14N4O. The number of carbonyl (C=O) groups excluding carboxylic acids is 1. The normalized spacial score (nSPS) is 10.7. The van der Waals surface area contributed by atoms with Crippen molar-refractivity contribution in [3.8, 4) is 5.69 Å². The molecule has 0 aliphatic heterocycles. The number of nitrogens with zero attached hydrogens (tertiary/aromatic N) is 3. The summed E-state index contributed by atoms with van der Waals surface area (Å²) in [6.45, 7) is 0. The fourth-order valence-corrected chi connectivity index (χ4v) is 1.96. The first-order chi connectivity index (χ1) is 10.8. The first kappa shape index (κ1) is 13.8. The molecule has 1 aromatic heterocycles. The maximum Gasteiger partial charge on any atom is 0.271 e. The van der Waals surface area contributed by atoms with E-state index in [1.807, 2.05) is 53.2 Å². The van der Waals surface area contributed by atoms with Gasteiger partial charge in [-0.05, 0) is 29.8 Å². The number of hydrazone groups is 1. The molecule has 1 amide bonds. The van der Waals surface area contributed by atoms with Gasteiger partial charge in [0.15, 0.2) is 0 Å². The van der Waals surface area contributed by atoms with Crippen LogP contribution in [-0.4, -0.2) is 21.7 Å². The minimum absolute atomic E-state index is 0.230. The fraction of sp³-hybridized carbons (Fsp3) is 0. The summed E-state index contributed by atoms with van der Waals surface area (Å²) in [5, 5.41) is 3.97. The van der Waals surface area contributed by atoms with Crippen molar-refractivity contribution in [2.75, 3.05) is 0 Å². The van der Waals surface area contributed by atoms with Gasteiger partial charge in [0.1, 0.15) is 0 Å². The van der Waals surface area contributed by atoms with Crippen LogP contribution < -0.4 is 5.43 Å².